The first-order chi connectivity index (χ1) is 11.2. The molecule has 1 saturated heterocycles. The molecule has 8 heteroatoms. The van der Waals surface area contributed by atoms with Gasteiger partial charge in [-0.15, -0.1) is 0 Å². The highest BCUT2D eigenvalue weighted by Gasteiger charge is 2.44. The first kappa shape index (κ1) is 17.3. The van der Waals surface area contributed by atoms with Crippen LogP contribution in [0.15, 0.2) is 30.3 Å². The van der Waals surface area contributed by atoms with Crippen molar-refractivity contribution in [3.63, 3.8) is 0 Å². The van der Waals surface area contributed by atoms with E-state index >= 15 is 0 Å². The zero-order chi connectivity index (χ0) is 17.5. The molecule has 2 aliphatic heterocycles. The van der Waals surface area contributed by atoms with Gasteiger partial charge in [-0.1, -0.05) is 24.6 Å². The average Bonchev–Trinajstić information content (AvgIpc) is 2.45. The minimum absolute atomic E-state index is 0.299. The van der Waals surface area contributed by atoms with E-state index in [0.29, 0.717) is 24.8 Å². The maximum atomic E-state index is 13.0. The monoisotopic (exact) mass is 364 g/mol. The molecule has 3 nitrogen and oxygen atoms in total. The molecule has 3 rings (SSSR count). The van der Waals surface area contributed by atoms with Crippen LogP contribution in [0.3, 0.4) is 0 Å². The predicted molar refractivity (Wildman–Crippen MR) is 81.0 cm³/mol. The highest BCUT2D eigenvalue weighted by atomic mass is 32.2. The molecule has 1 aromatic rings. The van der Waals surface area contributed by atoms with Crippen LogP contribution in [-0.2, 0) is 9.84 Å². The van der Waals surface area contributed by atoms with Crippen molar-refractivity contribution in [3.8, 4) is 5.75 Å². The molecule has 0 radical (unpaired) electrons. The lowest BCUT2D eigenvalue weighted by Gasteiger charge is -2.33. The van der Waals surface area contributed by atoms with Gasteiger partial charge in [-0.25, -0.2) is 8.42 Å². The van der Waals surface area contributed by atoms with E-state index < -0.39 is 32.9 Å². The third-order valence-corrected chi connectivity index (χ3v) is 7.00. The van der Waals surface area contributed by atoms with Crippen molar-refractivity contribution in [1.82, 2.24) is 0 Å². The van der Waals surface area contributed by atoms with Gasteiger partial charge in [-0.3, -0.25) is 0 Å². The summed E-state index contributed by atoms with van der Waals surface area (Å²) in [6.07, 6.45) is -4.60. The Morgan fingerprint density at radius 3 is 2.62 bits per heavy atom. The van der Waals surface area contributed by atoms with Gasteiger partial charge >= 0.3 is 12.5 Å². The number of hydrogen-bond acceptors (Lipinski definition) is 3. The fourth-order valence-corrected chi connectivity index (χ4v) is 5.48. The third kappa shape index (κ3) is 3.16. The topological polar surface area (TPSA) is 43.4 Å². The normalized spacial score (nSPS) is 26.1. The summed E-state index contributed by atoms with van der Waals surface area (Å²) in [5.74, 6) is -0.378. The number of alkyl halides is 4. The fraction of sp³-hybridized carbons (Fsp3) is 0.500. The Balaban J connectivity index is 1.89. The Hall–Kier alpha value is -1.57. The largest absolute Gasteiger partial charge is 0.461 e. The van der Waals surface area contributed by atoms with Crippen molar-refractivity contribution in [2.45, 2.75) is 48.7 Å². The van der Waals surface area contributed by atoms with Gasteiger partial charge in [0.1, 0.15) is 5.75 Å². The van der Waals surface area contributed by atoms with Crippen molar-refractivity contribution in [2.75, 3.05) is 0 Å². The molecular formula is C16H16F4O3S. The second-order valence-electron chi connectivity index (χ2n) is 6.07. The molecule has 1 aromatic carbocycles. The summed E-state index contributed by atoms with van der Waals surface area (Å²) in [6.45, 7) is 0. The van der Waals surface area contributed by atoms with E-state index in [1.807, 2.05) is 0 Å². The third-order valence-electron chi connectivity index (χ3n) is 4.45. The molecule has 2 bridgehead atoms. The molecule has 2 heterocycles. The van der Waals surface area contributed by atoms with E-state index in [1.54, 1.807) is 12.1 Å². The Kier molecular flexibility index (Phi) is 4.36. The van der Waals surface area contributed by atoms with Gasteiger partial charge in [0.25, 0.3) is 0 Å². The van der Waals surface area contributed by atoms with Crippen molar-refractivity contribution in [2.24, 2.45) is 0 Å². The van der Waals surface area contributed by atoms with Crippen LogP contribution in [0.1, 0.15) is 31.2 Å². The van der Waals surface area contributed by atoms with Gasteiger partial charge in [-0.05, 0) is 42.5 Å². The average molecular weight is 364 g/mol. The quantitative estimate of drug-likeness (QED) is 0.757. The zero-order valence-corrected chi connectivity index (χ0v) is 13.4. The van der Waals surface area contributed by atoms with Crippen LogP contribution < -0.4 is 4.74 Å². The van der Waals surface area contributed by atoms with Crippen LogP contribution in [-0.4, -0.2) is 31.5 Å². The smallest absolute Gasteiger partial charge is 0.428 e. The molecule has 0 saturated carbocycles. The molecule has 2 unspecified atom stereocenters. The van der Waals surface area contributed by atoms with Crippen LogP contribution in [0, 0.1) is 0 Å². The van der Waals surface area contributed by atoms with E-state index in [4.69, 9.17) is 0 Å². The van der Waals surface area contributed by atoms with Gasteiger partial charge in [-0.2, -0.15) is 17.6 Å². The summed E-state index contributed by atoms with van der Waals surface area (Å²) in [5, 5.41) is -1.03. The summed E-state index contributed by atoms with van der Waals surface area (Å²) >= 11 is 0. The minimum atomic E-state index is -4.57. The van der Waals surface area contributed by atoms with Crippen LogP contribution in [0.2, 0.25) is 0 Å². The molecule has 2 atom stereocenters. The molecule has 0 spiro atoms. The SMILES string of the molecule is O=S1(=O)C2C=C(c3cccc(OC(F)(F)C(F)F)c3)CC1CCC2. The molecule has 132 valence electrons. The number of fused-ring (bicyclic) bond motifs is 2. The number of benzene rings is 1. The second-order valence-corrected chi connectivity index (χ2v) is 8.52. The molecule has 1 fully saturated rings. The maximum Gasteiger partial charge on any atom is 0.461 e. The molecular weight excluding hydrogens is 348 g/mol. The van der Waals surface area contributed by atoms with Gasteiger partial charge < -0.3 is 4.74 Å². The van der Waals surface area contributed by atoms with Gasteiger partial charge in [0, 0.05) is 0 Å². The highest BCUT2D eigenvalue weighted by Crippen LogP contribution is 2.40. The van der Waals surface area contributed by atoms with Gasteiger partial charge in [0.05, 0.1) is 10.5 Å². The lowest BCUT2D eigenvalue weighted by atomic mass is 9.93. The molecule has 2 aliphatic rings. The standard InChI is InChI=1S/C16H16F4O3S/c17-15(18)16(19,20)23-12-4-1-3-10(7-12)11-8-13-5-2-6-14(9-11)24(13,21)22/h1,3-4,7-8,13-15H,2,5-6,9H2. The van der Waals surface area contributed by atoms with Crippen LogP contribution in [0.4, 0.5) is 17.6 Å². The lowest BCUT2D eigenvalue weighted by Crippen LogP contribution is -2.38. The Labute approximate surface area is 137 Å². The summed E-state index contributed by atoms with van der Waals surface area (Å²) in [5.41, 5.74) is 1.25. The summed E-state index contributed by atoms with van der Waals surface area (Å²) in [4.78, 5) is 0. The lowest BCUT2D eigenvalue weighted by molar-refractivity contribution is -0.253. The number of ether oxygens (including phenoxy) is 1. The summed E-state index contributed by atoms with van der Waals surface area (Å²) in [6, 6.07) is 5.47. The summed E-state index contributed by atoms with van der Waals surface area (Å²) < 4.78 is 79.1. The molecule has 0 aromatic heterocycles. The highest BCUT2D eigenvalue weighted by molar-refractivity contribution is 7.93. The van der Waals surface area contributed by atoms with Crippen molar-refractivity contribution < 1.29 is 30.7 Å². The Morgan fingerprint density at radius 2 is 1.96 bits per heavy atom. The first-order valence-electron chi connectivity index (χ1n) is 7.59. The van der Waals surface area contributed by atoms with E-state index in [0.717, 1.165) is 12.0 Å². The van der Waals surface area contributed by atoms with Gasteiger partial charge in [0.2, 0.25) is 0 Å². The molecule has 24 heavy (non-hydrogen) atoms. The minimum Gasteiger partial charge on any atom is -0.428 e. The van der Waals surface area contributed by atoms with E-state index in [9.17, 15) is 26.0 Å². The number of halogens is 4. The van der Waals surface area contributed by atoms with Crippen molar-refractivity contribution in [1.29, 1.82) is 0 Å². The second kappa shape index (κ2) is 6.06. The van der Waals surface area contributed by atoms with Crippen LogP contribution >= 0.6 is 0 Å². The maximum absolute atomic E-state index is 13.0. The first-order valence-corrected chi connectivity index (χ1v) is 9.20. The van der Waals surface area contributed by atoms with Crippen LogP contribution in [0.5, 0.6) is 5.75 Å². The molecule has 0 N–H and O–H groups in total. The summed E-state index contributed by atoms with van der Waals surface area (Å²) in [7, 11) is -3.18. The van der Waals surface area contributed by atoms with Crippen LogP contribution in [0.25, 0.3) is 5.57 Å². The van der Waals surface area contributed by atoms with Gasteiger partial charge in [0.15, 0.2) is 9.84 Å². The predicted octanol–water partition coefficient (Wildman–Crippen LogP) is 4.05. The number of hydrogen-bond donors (Lipinski definition) is 0. The molecule has 0 amide bonds. The number of allylic oxidation sites excluding steroid dienone is 1. The van der Waals surface area contributed by atoms with E-state index in [-0.39, 0.29) is 5.75 Å². The van der Waals surface area contributed by atoms with E-state index in [1.165, 1.54) is 18.2 Å². The fourth-order valence-electron chi connectivity index (χ4n) is 3.23. The van der Waals surface area contributed by atoms with Crippen molar-refractivity contribution >= 4 is 15.4 Å². The van der Waals surface area contributed by atoms with E-state index in [2.05, 4.69) is 4.74 Å². The number of rotatable bonds is 4. The van der Waals surface area contributed by atoms with Crippen molar-refractivity contribution in [3.05, 3.63) is 35.9 Å². The number of sulfone groups is 1. The molecule has 0 aliphatic carbocycles. The zero-order valence-electron chi connectivity index (χ0n) is 12.6. The Bertz CT molecular complexity index is 758. The Morgan fingerprint density at radius 1 is 1.21 bits per heavy atom.